The molecule has 0 bridgehead atoms. The van der Waals surface area contributed by atoms with Crippen LogP contribution in [0.4, 0.5) is 0 Å². The van der Waals surface area contributed by atoms with Crippen LogP contribution in [0, 0.1) is 6.92 Å². The lowest BCUT2D eigenvalue weighted by molar-refractivity contribution is 0.00578. The molecule has 0 amide bonds. The molecule has 1 fully saturated rings. The highest BCUT2D eigenvalue weighted by Crippen LogP contribution is 2.37. The van der Waals surface area contributed by atoms with Gasteiger partial charge in [-0.15, -0.1) is 0 Å². The zero-order chi connectivity index (χ0) is 15.4. The van der Waals surface area contributed by atoms with E-state index in [9.17, 15) is 0 Å². The van der Waals surface area contributed by atoms with Gasteiger partial charge in [-0.3, -0.25) is 0 Å². The van der Waals surface area contributed by atoms with Crippen LogP contribution < -0.4 is 5.46 Å². The van der Waals surface area contributed by atoms with E-state index in [4.69, 9.17) is 9.31 Å². The first kappa shape index (κ1) is 15.7. The van der Waals surface area contributed by atoms with E-state index in [1.54, 1.807) is 0 Å². The average Bonchev–Trinajstić information content (AvgIpc) is 2.86. The Kier molecular flexibility index (Phi) is 3.88. The molecule has 3 rings (SSSR count). The van der Waals surface area contributed by atoms with Gasteiger partial charge in [-0.05, 0) is 74.3 Å². The van der Waals surface area contributed by atoms with Gasteiger partial charge in [0, 0.05) is 5.39 Å². The number of hydrogen-bond acceptors (Lipinski definition) is 3. The van der Waals surface area contributed by atoms with Gasteiger partial charge in [0.05, 0.1) is 29.3 Å². The zero-order valence-electron chi connectivity index (χ0n) is 12.9. The fourth-order valence-corrected chi connectivity index (χ4v) is 4.03. The Morgan fingerprint density at radius 2 is 1.81 bits per heavy atom. The molecule has 0 radical (unpaired) electrons. The minimum absolute atomic E-state index is 0.315. The first-order chi connectivity index (χ1) is 9.75. The number of aryl methyl sites for hydroxylation is 1. The molecule has 1 aliphatic rings. The van der Waals surface area contributed by atoms with Gasteiger partial charge in [0.25, 0.3) is 0 Å². The van der Waals surface area contributed by atoms with Crippen molar-refractivity contribution in [2.75, 3.05) is 0 Å². The highest BCUT2D eigenvalue weighted by atomic mass is 127. The summed E-state index contributed by atoms with van der Waals surface area (Å²) in [5.74, 6) is 0. The topological polar surface area (TPSA) is 36.3 Å². The molecule has 0 saturated carbocycles. The molecule has 2 aromatic rings. The lowest BCUT2D eigenvalue weighted by Gasteiger charge is -2.32. The Labute approximate surface area is 140 Å². The van der Waals surface area contributed by atoms with Crippen LogP contribution >= 0.6 is 28.4 Å². The summed E-state index contributed by atoms with van der Waals surface area (Å²) in [6.45, 7) is 10.4. The third kappa shape index (κ3) is 2.54. The van der Waals surface area contributed by atoms with Crippen molar-refractivity contribution in [1.29, 1.82) is 0 Å². The minimum atomic E-state index is -0.319. The van der Waals surface area contributed by atoms with Crippen molar-refractivity contribution in [3.8, 4) is 0 Å². The molecule has 21 heavy (non-hydrogen) atoms. The van der Waals surface area contributed by atoms with Crippen LogP contribution in [0.5, 0.6) is 0 Å². The molecular weight excluding hydrogens is 397 g/mol. The number of rotatable bonds is 2. The summed E-state index contributed by atoms with van der Waals surface area (Å²) in [4.78, 5) is 0. The van der Waals surface area contributed by atoms with Gasteiger partial charge >= 0.3 is 7.12 Å². The summed E-state index contributed by atoms with van der Waals surface area (Å²) in [6, 6.07) is 4.32. The molecule has 0 aliphatic carbocycles. The van der Waals surface area contributed by atoms with Crippen molar-refractivity contribution in [3.05, 3.63) is 23.9 Å². The molecule has 1 unspecified atom stereocenters. The van der Waals surface area contributed by atoms with E-state index in [-0.39, 0.29) is 18.3 Å². The number of hydrogen-bond donors (Lipinski definition) is 0. The van der Waals surface area contributed by atoms with Crippen LogP contribution in [-0.4, -0.2) is 27.9 Å². The Balaban J connectivity index is 2.07. The molecule has 4 nitrogen and oxygen atoms in total. The smallest absolute Gasteiger partial charge is 0.399 e. The third-order valence-electron chi connectivity index (χ3n) is 4.54. The largest absolute Gasteiger partial charge is 0.495 e. The van der Waals surface area contributed by atoms with Crippen molar-refractivity contribution in [2.24, 2.45) is 0 Å². The Morgan fingerprint density at radius 1 is 1.19 bits per heavy atom. The van der Waals surface area contributed by atoms with Crippen molar-refractivity contribution in [3.63, 3.8) is 0 Å². The van der Waals surface area contributed by atoms with E-state index in [1.165, 1.54) is 5.56 Å². The predicted molar refractivity (Wildman–Crippen MR) is 97.9 cm³/mol. The average molecular weight is 416 g/mol. The first-order valence-corrected chi connectivity index (χ1v) is 11.0. The molecule has 1 saturated heterocycles. The quantitative estimate of drug-likeness (QED) is 0.428. The summed E-state index contributed by atoms with van der Waals surface area (Å²) in [6.07, 6.45) is 2.50. The number of nitrogens with zero attached hydrogens (tertiary/aromatic N) is 2. The zero-order valence-corrected chi connectivity index (χ0v) is 16.1. The molecule has 7 heteroatoms. The molecule has 1 aromatic heterocycles. The summed E-state index contributed by atoms with van der Waals surface area (Å²) < 4.78 is 14.4. The van der Waals surface area contributed by atoms with Gasteiger partial charge in [-0.2, -0.15) is 5.10 Å². The van der Waals surface area contributed by atoms with Gasteiger partial charge in [-0.25, -0.2) is 4.45 Å². The van der Waals surface area contributed by atoms with E-state index in [2.05, 4.69) is 73.9 Å². The van der Waals surface area contributed by atoms with Gasteiger partial charge in [0.15, 0.2) is 0 Å². The van der Waals surface area contributed by atoms with Gasteiger partial charge in [0.1, 0.15) is 0 Å². The second-order valence-electron chi connectivity index (χ2n) is 6.50. The maximum absolute atomic E-state index is 6.18. The minimum Gasteiger partial charge on any atom is -0.399 e. The van der Waals surface area contributed by atoms with Crippen molar-refractivity contribution < 1.29 is 9.31 Å². The van der Waals surface area contributed by atoms with Crippen LogP contribution in [-0.2, 0) is 9.31 Å². The molecule has 0 spiro atoms. The number of benzene rings is 1. The maximum Gasteiger partial charge on any atom is 0.495 e. The van der Waals surface area contributed by atoms with Crippen molar-refractivity contribution >= 4 is 51.9 Å². The monoisotopic (exact) mass is 416 g/mol. The summed E-state index contributed by atoms with van der Waals surface area (Å²) in [7, 11) is -0.319. The van der Waals surface area contributed by atoms with Gasteiger partial charge in [-0.1, -0.05) is 5.56 Å². The van der Waals surface area contributed by atoms with Gasteiger partial charge < -0.3 is 9.31 Å². The number of halogens is 1. The van der Waals surface area contributed by atoms with E-state index in [1.807, 2.05) is 10.6 Å². The number of fused-ring (bicyclic) bond motifs is 1. The van der Waals surface area contributed by atoms with E-state index >= 15 is 0 Å². The molecule has 112 valence electrons. The van der Waals surface area contributed by atoms with E-state index in [0.717, 1.165) is 16.4 Å². The molecule has 1 atom stereocenters. The summed E-state index contributed by atoms with van der Waals surface area (Å²) >= 11 is 2.34. The van der Waals surface area contributed by atoms with Crippen LogP contribution in [0.2, 0.25) is 0 Å². The standard InChI is InChI=1S/C14H19BIN2O2P/c1-9-6-10-8-17-18(21-16)12(10)7-11(9)15-19-13(2,3)14(4,5)20-15/h6-8,21H,1-5H3. The summed E-state index contributed by atoms with van der Waals surface area (Å²) in [5, 5.41) is 5.58. The Bertz CT molecular complexity index is 686. The van der Waals surface area contributed by atoms with Crippen LogP contribution in [0.25, 0.3) is 10.9 Å². The lowest BCUT2D eigenvalue weighted by atomic mass is 9.76. The normalized spacial score (nSPS) is 21.0. The molecule has 1 aromatic carbocycles. The lowest BCUT2D eigenvalue weighted by Crippen LogP contribution is -2.41. The SMILES string of the molecule is Cc1cc2cnn(PI)c2cc1B1OC(C)(C)C(C)(C)O1. The Hall–Kier alpha value is -0.165. The fraction of sp³-hybridized carbons (Fsp3) is 0.500. The molecule has 2 heterocycles. The van der Waals surface area contributed by atoms with Crippen molar-refractivity contribution in [2.45, 2.75) is 45.8 Å². The molecule has 1 aliphatic heterocycles. The Morgan fingerprint density at radius 3 is 2.38 bits per heavy atom. The second-order valence-corrected chi connectivity index (χ2v) is 8.54. The van der Waals surface area contributed by atoms with Crippen molar-refractivity contribution in [1.82, 2.24) is 9.55 Å². The van der Waals surface area contributed by atoms with E-state index in [0.29, 0.717) is 6.37 Å². The van der Waals surface area contributed by atoms with Crippen LogP contribution in [0.15, 0.2) is 18.3 Å². The maximum atomic E-state index is 6.18. The van der Waals surface area contributed by atoms with Gasteiger partial charge in [0.2, 0.25) is 0 Å². The predicted octanol–water partition coefficient (Wildman–Crippen LogP) is 3.44. The van der Waals surface area contributed by atoms with Crippen LogP contribution in [0.3, 0.4) is 0 Å². The highest BCUT2D eigenvalue weighted by molar-refractivity contribution is 14.2. The number of aromatic nitrogens is 2. The highest BCUT2D eigenvalue weighted by Gasteiger charge is 2.52. The first-order valence-electron chi connectivity index (χ1n) is 6.96. The fourth-order valence-electron chi connectivity index (χ4n) is 2.50. The molecule has 0 N–H and O–H groups in total. The second kappa shape index (κ2) is 5.19. The third-order valence-corrected chi connectivity index (χ3v) is 6.43. The van der Waals surface area contributed by atoms with Crippen LogP contribution in [0.1, 0.15) is 33.3 Å². The summed E-state index contributed by atoms with van der Waals surface area (Å²) in [5.41, 5.74) is 2.78. The van der Waals surface area contributed by atoms with E-state index < -0.39 is 0 Å². The molecular formula is C14H19BIN2O2P.